The fraction of sp³-hybridized carbons (Fsp3) is 0.310. The summed E-state index contributed by atoms with van der Waals surface area (Å²) >= 11 is 1.68. The summed E-state index contributed by atoms with van der Waals surface area (Å²) in [5.41, 5.74) is 2.96. The third-order valence-electron chi connectivity index (χ3n) is 6.57. The molecule has 2 aromatic carbocycles. The Hall–Kier alpha value is -3.42. The SMILES string of the molecule is Cn1cc(C(=O)N(Cc2cccc(OCCc3ccsc3)c2)CC2CCCO2)c(=O)c2ccccc21. The minimum absolute atomic E-state index is 0.0247. The van der Waals surface area contributed by atoms with Crippen molar-refractivity contribution in [3.8, 4) is 5.75 Å². The molecule has 6 nitrogen and oxygen atoms in total. The van der Waals surface area contributed by atoms with Gasteiger partial charge in [0.25, 0.3) is 5.91 Å². The van der Waals surface area contributed by atoms with Crippen LogP contribution in [0.25, 0.3) is 10.9 Å². The molecule has 1 aliphatic rings. The molecule has 0 N–H and O–H groups in total. The lowest BCUT2D eigenvalue weighted by molar-refractivity contribution is 0.0505. The minimum Gasteiger partial charge on any atom is -0.493 e. The van der Waals surface area contributed by atoms with E-state index in [1.807, 2.05) is 54.1 Å². The van der Waals surface area contributed by atoms with E-state index < -0.39 is 0 Å². The van der Waals surface area contributed by atoms with E-state index >= 15 is 0 Å². The molecule has 1 aliphatic heterocycles. The molecule has 36 heavy (non-hydrogen) atoms. The molecule has 3 heterocycles. The fourth-order valence-corrected chi connectivity index (χ4v) is 5.39. The van der Waals surface area contributed by atoms with E-state index in [1.165, 1.54) is 5.56 Å². The highest BCUT2D eigenvalue weighted by atomic mass is 32.1. The Morgan fingerprint density at radius 1 is 1.17 bits per heavy atom. The predicted molar refractivity (Wildman–Crippen MR) is 143 cm³/mol. The Morgan fingerprint density at radius 3 is 2.86 bits per heavy atom. The first-order valence-electron chi connectivity index (χ1n) is 12.3. The number of rotatable bonds is 9. The maximum atomic E-state index is 13.8. The van der Waals surface area contributed by atoms with E-state index in [9.17, 15) is 9.59 Å². The van der Waals surface area contributed by atoms with Gasteiger partial charge in [0.1, 0.15) is 11.3 Å². The van der Waals surface area contributed by atoms with Gasteiger partial charge < -0.3 is 18.9 Å². The van der Waals surface area contributed by atoms with Gasteiger partial charge in [-0.2, -0.15) is 11.3 Å². The summed E-state index contributed by atoms with van der Waals surface area (Å²) in [7, 11) is 1.86. The third-order valence-corrected chi connectivity index (χ3v) is 7.31. The minimum atomic E-state index is -0.277. The summed E-state index contributed by atoms with van der Waals surface area (Å²) in [6.45, 7) is 2.11. The number of nitrogens with zero attached hydrogens (tertiary/aromatic N) is 2. The van der Waals surface area contributed by atoms with Gasteiger partial charge in [0.15, 0.2) is 0 Å². The van der Waals surface area contributed by atoms with Gasteiger partial charge in [0, 0.05) is 44.7 Å². The molecule has 1 unspecified atom stereocenters. The van der Waals surface area contributed by atoms with Crippen LogP contribution in [-0.2, 0) is 24.8 Å². The molecular formula is C29H30N2O4S. The molecule has 1 fully saturated rings. The number of para-hydroxylation sites is 1. The maximum absolute atomic E-state index is 13.8. The van der Waals surface area contributed by atoms with Gasteiger partial charge in [-0.3, -0.25) is 9.59 Å². The highest BCUT2D eigenvalue weighted by molar-refractivity contribution is 7.07. The topological polar surface area (TPSA) is 60.8 Å². The Balaban J connectivity index is 1.37. The molecular weight excluding hydrogens is 472 g/mol. The van der Waals surface area contributed by atoms with E-state index in [2.05, 4.69) is 16.8 Å². The number of fused-ring (bicyclic) bond motifs is 1. The monoisotopic (exact) mass is 502 g/mol. The number of thiophene rings is 1. The van der Waals surface area contributed by atoms with Crippen LogP contribution in [0.2, 0.25) is 0 Å². The van der Waals surface area contributed by atoms with Gasteiger partial charge in [-0.1, -0.05) is 24.3 Å². The summed E-state index contributed by atoms with van der Waals surface area (Å²) in [5, 5.41) is 4.74. The van der Waals surface area contributed by atoms with Crippen molar-refractivity contribution in [2.24, 2.45) is 7.05 Å². The first kappa shape index (κ1) is 24.3. The van der Waals surface area contributed by atoms with Crippen LogP contribution in [-0.4, -0.2) is 41.2 Å². The van der Waals surface area contributed by atoms with Crippen LogP contribution in [0.1, 0.15) is 34.3 Å². The number of hydrogen-bond acceptors (Lipinski definition) is 5. The first-order chi connectivity index (χ1) is 17.6. The number of aromatic nitrogens is 1. The average Bonchev–Trinajstić information content (AvgIpc) is 3.60. The molecule has 0 saturated carbocycles. The van der Waals surface area contributed by atoms with Crippen LogP contribution in [0, 0.1) is 0 Å². The van der Waals surface area contributed by atoms with E-state index in [-0.39, 0.29) is 23.0 Å². The number of ether oxygens (including phenoxy) is 2. The molecule has 186 valence electrons. The Bertz CT molecular complexity index is 1390. The van der Waals surface area contributed by atoms with E-state index in [1.54, 1.807) is 28.5 Å². The zero-order valence-electron chi connectivity index (χ0n) is 20.4. The second-order valence-corrected chi connectivity index (χ2v) is 9.98. The number of pyridine rings is 1. The molecule has 1 amide bonds. The lowest BCUT2D eigenvalue weighted by Crippen LogP contribution is -2.39. The fourth-order valence-electron chi connectivity index (χ4n) is 4.69. The highest BCUT2D eigenvalue weighted by Crippen LogP contribution is 2.20. The number of benzene rings is 2. The maximum Gasteiger partial charge on any atom is 0.259 e. The highest BCUT2D eigenvalue weighted by Gasteiger charge is 2.26. The van der Waals surface area contributed by atoms with Crippen molar-refractivity contribution in [1.29, 1.82) is 0 Å². The smallest absolute Gasteiger partial charge is 0.259 e. The standard InChI is InChI=1S/C29H30N2O4S/c1-30-19-26(28(32)25-9-2-3-10-27(25)30)29(33)31(18-24-8-5-13-34-24)17-22-6-4-7-23(16-22)35-14-11-21-12-15-36-20-21/h2-4,6-7,9-10,12,15-16,19-20,24H,5,8,11,13-14,17-18H2,1H3. The van der Waals surface area contributed by atoms with E-state index in [0.29, 0.717) is 31.7 Å². The summed E-state index contributed by atoms with van der Waals surface area (Å²) in [6, 6.07) is 17.3. The van der Waals surface area contributed by atoms with Crippen molar-refractivity contribution >= 4 is 28.1 Å². The van der Waals surface area contributed by atoms with Crippen molar-refractivity contribution in [3.63, 3.8) is 0 Å². The summed E-state index contributed by atoms with van der Waals surface area (Å²) in [5.74, 6) is 0.495. The van der Waals surface area contributed by atoms with Crippen molar-refractivity contribution in [1.82, 2.24) is 9.47 Å². The predicted octanol–water partition coefficient (Wildman–Crippen LogP) is 5.04. The van der Waals surface area contributed by atoms with Gasteiger partial charge in [-0.15, -0.1) is 0 Å². The summed E-state index contributed by atoms with van der Waals surface area (Å²) in [4.78, 5) is 28.8. The molecule has 0 aliphatic carbocycles. The van der Waals surface area contributed by atoms with Crippen molar-refractivity contribution < 1.29 is 14.3 Å². The van der Waals surface area contributed by atoms with Crippen molar-refractivity contribution in [3.05, 3.63) is 98.5 Å². The Labute approximate surface area is 214 Å². The van der Waals surface area contributed by atoms with Crippen LogP contribution in [0.4, 0.5) is 0 Å². The normalized spacial score (nSPS) is 15.3. The lowest BCUT2D eigenvalue weighted by Gasteiger charge is -2.26. The first-order valence-corrected chi connectivity index (χ1v) is 13.2. The number of hydrogen-bond donors (Lipinski definition) is 0. The number of carbonyl (C=O) groups is 1. The van der Waals surface area contributed by atoms with Gasteiger partial charge in [-0.05, 0) is 65.1 Å². The molecule has 5 rings (SSSR count). The van der Waals surface area contributed by atoms with Crippen LogP contribution in [0.3, 0.4) is 0 Å². The molecule has 1 atom stereocenters. The number of aryl methyl sites for hydroxylation is 1. The van der Waals surface area contributed by atoms with Crippen LogP contribution in [0.5, 0.6) is 5.75 Å². The van der Waals surface area contributed by atoms with E-state index in [0.717, 1.165) is 36.1 Å². The van der Waals surface area contributed by atoms with E-state index in [4.69, 9.17) is 9.47 Å². The average molecular weight is 503 g/mol. The third kappa shape index (κ3) is 5.53. The van der Waals surface area contributed by atoms with Gasteiger partial charge in [0.2, 0.25) is 5.43 Å². The molecule has 0 spiro atoms. The van der Waals surface area contributed by atoms with Gasteiger partial charge >= 0.3 is 0 Å². The van der Waals surface area contributed by atoms with Crippen LogP contribution >= 0.6 is 11.3 Å². The summed E-state index contributed by atoms with van der Waals surface area (Å²) < 4.78 is 13.7. The molecule has 0 radical (unpaired) electrons. The largest absolute Gasteiger partial charge is 0.493 e. The number of amides is 1. The van der Waals surface area contributed by atoms with Crippen LogP contribution in [0.15, 0.2) is 76.3 Å². The lowest BCUT2D eigenvalue weighted by atomic mass is 10.1. The summed E-state index contributed by atoms with van der Waals surface area (Å²) in [6.07, 6.45) is 4.37. The quantitative estimate of drug-likeness (QED) is 0.322. The zero-order chi connectivity index (χ0) is 24.9. The molecule has 0 bridgehead atoms. The molecule has 2 aromatic heterocycles. The second-order valence-electron chi connectivity index (χ2n) is 9.20. The molecule has 4 aromatic rings. The Kier molecular flexibility index (Phi) is 7.49. The zero-order valence-corrected chi connectivity index (χ0v) is 21.2. The second kappa shape index (κ2) is 11.1. The molecule has 7 heteroatoms. The number of carbonyl (C=O) groups excluding carboxylic acids is 1. The van der Waals surface area contributed by atoms with Gasteiger partial charge in [0.05, 0.1) is 18.2 Å². The van der Waals surface area contributed by atoms with Crippen molar-refractivity contribution in [2.45, 2.75) is 31.9 Å². The van der Waals surface area contributed by atoms with Crippen LogP contribution < -0.4 is 10.2 Å². The van der Waals surface area contributed by atoms with Gasteiger partial charge in [-0.25, -0.2) is 0 Å². The Morgan fingerprint density at radius 2 is 2.06 bits per heavy atom. The van der Waals surface area contributed by atoms with Crippen molar-refractivity contribution in [2.75, 3.05) is 19.8 Å². The molecule has 1 saturated heterocycles.